The Balaban J connectivity index is 2.61. The highest BCUT2D eigenvalue weighted by molar-refractivity contribution is 6.29. The van der Waals surface area contributed by atoms with Gasteiger partial charge in [0.05, 0.1) is 6.54 Å². The Hall–Kier alpha value is -1.22. The molecule has 0 unspecified atom stereocenters. The Kier molecular flexibility index (Phi) is 2.24. The topological polar surface area (TPSA) is 83.6 Å². The first-order valence-corrected chi connectivity index (χ1v) is 3.30. The van der Waals surface area contributed by atoms with Gasteiger partial charge in [-0.25, -0.2) is 5.01 Å². The van der Waals surface area contributed by atoms with Gasteiger partial charge < -0.3 is 5.11 Å². The molecule has 1 saturated carbocycles. The minimum Gasteiger partial charge on any atom is -0.377 e. The van der Waals surface area contributed by atoms with Crippen LogP contribution in [0, 0.1) is 12.3 Å². The average molecular weight is 168 g/mol. The molecule has 0 heterocycles. The van der Waals surface area contributed by atoms with Gasteiger partial charge in [0.15, 0.2) is 17.7 Å². The summed E-state index contributed by atoms with van der Waals surface area (Å²) in [5, 5.41) is 9.68. The van der Waals surface area contributed by atoms with Crippen molar-refractivity contribution < 1.29 is 14.7 Å². The summed E-state index contributed by atoms with van der Waals surface area (Å²) in [7, 11) is 0. The van der Waals surface area contributed by atoms with Gasteiger partial charge in [-0.05, 0) is 0 Å². The molecule has 5 heteroatoms. The van der Waals surface area contributed by atoms with Crippen LogP contribution in [0.5, 0.6) is 0 Å². The number of hydrazine groups is 1. The minimum absolute atomic E-state index is 0.00880. The maximum Gasteiger partial charge on any atom is 0.195 e. The van der Waals surface area contributed by atoms with E-state index < -0.39 is 23.7 Å². The van der Waals surface area contributed by atoms with Crippen LogP contribution in [-0.4, -0.2) is 40.4 Å². The maximum atomic E-state index is 10.8. The van der Waals surface area contributed by atoms with Crippen LogP contribution < -0.4 is 5.84 Å². The second-order valence-corrected chi connectivity index (χ2v) is 2.49. The maximum absolute atomic E-state index is 10.8. The highest BCUT2D eigenvalue weighted by atomic mass is 16.3. The lowest BCUT2D eigenvalue weighted by atomic mass is 9.85. The number of Topliss-reactive ketones (excluding diaryl/α,β-unsaturated/α-hetero) is 2. The highest BCUT2D eigenvalue weighted by Gasteiger charge is 2.50. The van der Waals surface area contributed by atoms with Crippen molar-refractivity contribution >= 4 is 11.6 Å². The summed E-state index contributed by atoms with van der Waals surface area (Å²) in [6.45, 7) is 0.00880. The molecule has 0 atom stereocenters. The van der Waals surface area contributed by atoms with Crippen LogP contribution in [0.1, 0.15) is 0 Å². The Labute approximate surface area is 69.1 Å². The number of terminal acetylenes is 1. The van der Waals surface area contributed by atoms with Crippen molar-refractivity contribution in [3.63, 3.8) is 0 Å². The summed E-state index contributed by atoms with van der Waals surface area (Å²) < 4.78 is 0. The van der Waals surface area contributed by atoms with Crippen molar-refractivity contribution in [2.24, 2.45) is 5.84 Å². The average Bonchev–Trinajstić information content (AvgIpc) is 2.05. The van der Waals surface area contributed by atoms with Crippen molar-refractivity contribution in [1.29, 1.82) is 0 Å². The number of carbonyl (C=O) groups is 2. The normalized spacial score (nSPS) is 28.5. The van der Waals surface area contributed by atoms with Crippen LogP contribution >= 0.6 is 0 Å². The molecule has 0 aliphatic heterocycles. The first-order valence-electron chi connectivity index (χ1n) is 3.30. The van der Waals surface area contributed by atoms with Crippen LogP contribution in [0.2, 0.25) is 0 Å². The molecule has 1 aliphatic rings. The molecule has 64 valence electrons. The number of nitrogens with two attached hydrogens (primary N) is 1. The van der Waals surface area contributed by atoms with E-state index in [4.69, 9.17) is 17.4 Å². The second-order valence-electron chi connectivity index (χ2n) is 2.49. The van der Waals surface area contributed by atoms with E-state index in [0.29, 0.717) is 0 Å². The zero-order valence-corrected chi connectivity index (χ0v) is 6.23. The van der Waals surface area contributed by atoms with Crippen LogP contribution in [0.3, 0.4) is 0 Å². The summed E-state index contributed by atoms with van der Waals surface area (Å²) in [5.41, 5.74) is 0. The smallest absolute Gasteiger partial charge is 0.195 e. The van der Waals surface area contributed by atoms with Crippen molar-refractivity contribution in [2.45, 2.75) is 12.1 Å². The quantitative estimate of drug-likeness (QED) is 0.209. The molecule has 0 spiro atoms. The lowest BCUT2D eigenvalue weighted by Crippen LogP contribution is -2.66. The molecule has 0 aromatic carbocycles. The van der Waals surface area contributed by atoms with Crippen LogP contribution in [0.15, 0.2) is 0 Å². The molecule has 1 aliphatic carbocycles. The molecule has 0 aromatic rings. The van der Waals surface area contributed by atoms with Crippen LogP contribution in [0.4, 0.5) is 0 Å². The van der Waals surface area contributed by atoms with Gasteiger partial charge in [-0.2, -0.15) is 0 Å². The fraction of sp³-hybridized carbons (Fsp3) is 0.429. The van der Waals surface area contributed by atoms with E-state index in [0.717, 1.165) is 5.01 Å². The summed E-state index contributed by atoms with van der Waals surface area (Å²) in [4.78, 5) is 21.7. The van der Waals surface area contributed by atoms with Gasteiger partial charge >= 0.3 is 0 Å². The lowest BCUT2D eigenvalue weighted by molar-refractivity contribution is -0.159. The van der Waals surface area contributed by atoms with Crippen molar-refractivity contribution in [2.75, 3.05) is 6.54 Å². The van der Waals surface area contributed by atoms with Crippen molar-refractivity contribution in [1.82, 2.24) is 5.01 Å². The van der Waals surface area contributed by atoms with Crippen molar-refractivity contribution in [3.8, 4) is 12.3 Å². The molecule has 0 radical (unpaired) electrons. The molecule has 1 fully saturated rings. The molecule has 0 saturated heterocycles. The monoisotopic (exact) mass is 168 g/mol. The molecule has 0 bridgehead atoms. The van der Waals surface area contributed by atoms with Gasteiger partial charge in [-0.3, -0.25) is 15.4 Å². The number of nitrogens with zero attached hydrogens (tertiary/aromatic N) is 1. The molecule has 0 amide bonds. The fourth-order valence-electron chi connectivity index (χ4n) is 1.01. The predicted octanol–water partition coefficient (Wildman–Crippen LogP) is -2.32. The van der Waals surface area contributed by atoms with Gasteiger partial charge in [0, 0.05) is 0 Å². The first kappa shape index (κ1) is 8.87. The number of aliphatic hydroxyl groups excluding tert-OH is 1. The third kappa shape index (κ3) is 1.12. The largest absolute Gasteiger partial charge is 0.377 e. The van der Waals surface area contributed by atoms with E-state index in [9.17, 15) is 9.59 Å². The fourth-order valence-corrected chi connectivity index (χ4v) is 1.01. The Morgan fingerprint density at radius 3 is 2.50 bits per heavy atom. The molecule has 12 heavy (non-hydrogen) atoms. The SMILES string of the molecule is C#CCN(N)C1C(=O)C(O)C1=O. The van der Waals surface area contributed by atoms with E-state index >= 15 is 0 Å². The summed E-state index contributed by atoms with van der Waals surface area (Å²) in [6, 6.07) is -1.05. The number of carbonyl (C=O) groups excluding carboxylic acids is 2. The van der Waals surface area contributed by atoms with Gasteiger partial charge in [0.25, 0.3) is 0 Å². The van der Waals surface area contributed by atoms with Gasteiger partial charge in [0.2, 0.25) is 0 Å². The zero-order chi connectivity index (χ0) is 9.30. The molecular weight excluding hydrogens is 160 g/mol. The van der Waals surface area contributed by atoms with Gasteiger partial charge in [0.1, 0.15) is 6.04 Å². The molecule has 0 aromatic heterocycles. The number of hydrogen-bond donors (Lipinski definition) is 2. The number of rotatable bonds is 2. The lowest BCUT2D eigenvalue weighted by Gasteiger charge is -2.33. The second kappa shape index (κ2) is 3.03. The Bertz CT molecular complexity index is 252. The highest BCUT2D eigenvalue weighted by Crippen LogP contribution is 2.14. The molecule has 5 nitrogen and oxygen atoms in total. The number of ketones is 2. The Morgan fingerprint density at radius 1 is 1.58 bits per heavy atom. The summed E-state index contributed by atoms with van der Waals surface area (Å²) in [5.74, 6) is 6.29. The Morgan fingerprint density at radius 2 is 2.08 bits per heavy atom. The van der Waals surface area contributed by atoms with Gasteiger partial charge in [-0.1, -0.05) is 5.92 Å². The summed E-state index contributed by atoms with van der Waals surface area (Å²) >= 11 is 0. The predicted molar refractivity (Wildman–Crippen MR) is 39.5 cm³/mol. The van der Waals surface area contributed by atoms with E-state index in [1.165, 1.54) is 0 Å². The van der Waals surface area contributed by atoms with Crippen LogP contribution in [-0.2, 0) is 9.59 Å². The van der Waals surface area contributed by atoms with Crippen molar-refractivity contribution in [3.05, 3.63) is 0 Å². The zero-order valence-electron chi connectivity index (χ0n) is 6.23. The van der Waals surface area contributed by atoms with Gasteiger partial charge in [-0.15, -0.1) is 6.42 Å². The van der Waals surface area contributed by atoms with E-state index in [1.807, 2.05) is 0 Å². The number of aliphatic hydroxyl groups is 1. The summed E-state index contributed by atoms with van der Waals surface area (Å²) in [6.07, 6.45) is 3.41. The van der Waals surface area contributed by atoms with Crippen LogP contribution in [0.25, 0.3) is 0 Å². The standard InChI is InChI=1S/C7H8N2O3/c1-2-3-9(8)4-5(10)7(12)6(4)11/h1,4,7,12H,3,8H2. The molecular formula is C7H8N2O3. The third-order valence-corrected chi connectivity index (χ3v) is 1.68. The molecule has 3 N–H and O–H groups in total. The van der Waals surface area contributed by atoms with E-state index in [2.05, 4.69) is 5.92 Å². The minimum atomic E-state index is -1.50. The van der Waals surface area contributed by atoms with E-state index in [1.54, 1.807) is 0 Å². The van der Waals surface area contributed by atoms with E-state index in [-0.39, 0.29) is 6.54 Å². The number of hydrogen-bond acceptors (Lipinski definition) is 5. The first-order chi connectivity index (χ1) is 5.59. The molecule has 1 rings (SSSR count). The third-order valence-electron chi connectivity index (χ3n) is 1.68.